The van der Waals surface area contributed by atoms with Crippen LogP contribution in [0.4, 0.5) is 0 Å². The van der Waals surface area contributed by atoms with Crippen LogP contribution in [0.15, 0.2) is 54.9 Å². The van der Waals surface area contributed by atoms with E-state index >= 15 is 0 Å². The summed E-state index contributed by atoms with van der Waals surface area (Å²) in [6.07, 6.45) is 4.84. The van der Waals surface area contributed by atoms with E-state index in [2.05, 4.69) is 53.4 Å². The molecule has 0 aliphatic rings. The average molecular weight is 214 g/mol. The van der Waals surface area contributed by atoms with Gasteiger partial charge in [0, 0.05) is 24.3 Å². The van der Waals surface area contributed by atoms with E-state index in [1.54, 1.807) is 0 Å². The Kier molecular flexibility index (Phi) is 3.67. The van der Waals surface area contributed by atoms with Crippen LogP contribution in [0.1, 0.15) is 11.1 Å². The summed E-state index contributed by atoms with van der Waals surface area (Å²) >= 11 is 0. The summed E-state index contributed by atoms with van der Waals surface area (Å²) in [5.74, 6) is 0. The molecule has 0 aliphatic carbocycles. The van der Waals surface area contributed by atoms with Gasteiger partial charge >= 0.3 is 0 Å². The van der Waals surface area contributed by atoms with Crippen molar-refractivity contribution in [1.82, 2.24) is 0 Å². The van der Waals surface area contributed by atoms with Crippen molar-refractivity contribution in [1.29, 1.82) is 0 Å². The number of hydrogen-bond donors (Lipinski definition) is 1. The summed E-state index contributed by atoms with van der Waals surface area (Å²) in [7, 11) is 0. The molecule has 0 saturated carbocycles. The molecule has 1 N–H and O–H groups in total. The highest BCUT2D eigenvalue weighted by Crippen LogP contribution is 1.99. The minimum absolute atomic E-state index is 0.211. The molecule has 0 bridgehead atoms. The fourth-order valence-corrected chi connectivity index (χ4v) is 1.68. The lowest BCUT2D eigenvalue weighted by Gasteiger charge is -1.99. The molecule has 0 aliphatic heterocycles. The monoisotopic (exact) mass is 214 g/mol. The maximum Gasteiger partial charge on any atom is 0.173 e. The normalized spacial score (nSPS) is 10.3. The van der Waals surface area contributed by atoms with Gasteiger partial charge in [-0.2, -0.15) is 0 Å². The molecular weight excluding hydrogens is 198 g/mol. The summed E-state index contributed by atoms with van der Waals surface area (Å²) in [4.78, 5) is 0. The molecule has 0 fully saturated rings. The topological polar surface area (TPSA) is 24.1 Å². The van der Waals surface area contributed by atoms with E-state index in [0.29, 0.717) is 0 Å². The third-order valence-corrected chi connectivity index (χ3v) is 2.57. The van der Waals surface area contributed by atoms with Crippen LogP contribution in [0.25, 0.3) is 0 Å². The van der Waals surface area contributed by atoms with Gasteiger partial charge in [0.05, 0.1) is 0 Å². The van der Waals surface area contributed by atoms with Gasteiger partial charge in [-0.25, -0.2) is 4.57 Å². The Labute approximate surface area is 95.8 Å². The SMILES string of the molecule is OCCc1cc[n+](Cc2ccccc2)cc1. The molecule has 2 rings (SSSR count). The van der Waals surface area contributed by atoms with Gasteiger partial charge in [0.1, 0.15) is 0 Å². The molecule has 1 heterocycles. The highest BCUT2D eigenvalue weighted by atomic mass is 16.2. The number of aliphatic hydroxyl groups excluding tert-OH is 1. The third-order valence-electron chi connectivity index (χ3n) is 2.57. The van der Waals surface area contributed by atoms with Gasteiger partial charge in [-0.05, 0) is 12.0 Å². The molecule has 0 atom stereocenters. The van der Waals surface area contributed by atoms with Crippen molar-refractivity contribution in [2.45, 2.75) is 13.0 Å². The zero-order valence-corrected chi connectivity index (χ0v) is 9.21. The highest BCUT2D eigenvalue weighted by molar-refractivity contribution is 5.13. The smallest absolute Gasteiger partial charge is 0.173 e. The predicted molar refractivity (Wildman–Crippen MR) is 63.0 cm³/mol. The first-order valence-corrected chi connectivity index (χ1v) is 5.51. The van der Waals surface area contributed by atoms with E-state index in [9.17, 15) is 0 Å². The molecule has 16 heavy (non-hydrogen) atoms. The van der Waals surface area contributed by atoms with Crippen molar-refractivity contribution in [2.24, 2.45) is 0 Å². The van der Waals surface area contributed by atoms with Crippen LogP contribution in [0.3, 0.4) is 0 Å². The zero-order chi connectivity index (χ0) is 11.2. The Balaban J connectivity index is 2.05. The Hall–Kier alpha value is -1.67. The quantitative estimate of drug-likeness (QED) is 0.767. The molecule has 2 heteroatoms. The van der Waals surface area contributed by atoms with Crippen molar-refractivity contribution < 1.29 is 9.67 Å². The molecule has 0 spiro atoms. The van der Waals surface area contributed by atoms with Gasteiger partial charge in [-0.1, -0.05) is 30.3 Å². The maximum absolute atomic E-state index is 8.82. The molecule has 0 unspecified atom stereocenters. The van der Waals surface area contributed by atoms with Gasteiger partial charge in [0.2, 0.25) is 0 Å². The molecule has 0 amide bonds. The first-order valence-electron chi connectivity index (χ1n) is 5.51. The number of rotatable bonds is 4. The predicted octanol–water partition coefficient (Wildman–Crippen LogP) is 1.56. The third kappa shape index (κ3) is 2.91. The molecular formula is C14H16NO+. The Morgan fingerprint density at radius 1 is 0.875 bits per heavy atom. The lowest BCUT2D eigenvalue weighted by Crippen LogP contribution is -2.33. The van der Waals surface area contributed by atoms with E-state index in [0.717, 1.165) is 13.0 Å². The molecule has 0 radical (unpaired) electrons. The zero-order valence-electron chi connectivity index (χ0n) is 9.21. The van der Waals surface area contributed by atoms with Gasteiger partial charge in [-0.15, -0.1) is 0 Å². The lowest BCUT2D eigenvalue weighted by molar-refractivity contribution is -0.688. The van der Waals surface area contributed by atoms with Crippen molar-refractivity contribution >= 4 is 0 Å². The Morgan fingerprint density at radius 2 is 1.56 bits per heavy atom. The fraction of sp³-hybridized carbons (Fsp3) is 0.214. The standard InChI is InChI=1S/C14H16NO/c16-11-8-13-6-9-15(10-7-13)12-14-4-2-1-3-5-14/h1-7,9-10,16H,8,11-12H2/q+1. The average Bonchev–Trinajstić information content (AvgIpc) is 2.33. The van der Waals surface area contributed by atoms with Crippen LogP contribution < -0.4 is 4.57 Å². The molecule has 2 aromatic rings. The van der Waals surface area contributed by atoms with E-state index in [4.69, 9.17) is 5.11 Å². The second kappa shape index (κ2) is 5.42. The van der Waals surface area contributed by atoms with Gasteiger partial charge in [-0.3, -0.25) is 0 Å². The van der Waals surface area contributed by atoms with Crippen LogP contribution in [0.2, 0.25) is 0 Å². The number of aromatic nitrogens is 1. The van der Waals surface area contributed by atoms with Crippen LogP contribution >= 0.6 is 0 Å². The minimum Gasteiger partial charge on any atom is -0.396 e. The number of hydrogen-bond acceptors (Lipinski definition) is 1. The highest BCUT2D eigenvalue weighted by Gasteiger charge is 2.01. The molecule has 1 aromatic carbocycles. The van der Waals surface area contributed by atoms with E-state index < -0.39 is 0 Å². The maximum atomic E-state index is 8.82. The number of aliphatic hydroxyl groups is 1. The lowest BCUT2D eigenvalue weighted by atomic mass is 10.2. The van der Waals surface area contributed by atoms with E-state index in [1.807, 2.05) is 6.07 Å². The Bertz CT molecular complexity index is 422. The van der Waals surface area contributed by atoms with Crippen molar-refractivity contribution in [3.05, 3.63) is 66.0 Å². The van der Waals surface area contributed by atoms with E-state index in [1.165, 1.54) is 11.1 Å². The van der Waals surface area contributed by atoms with Gasteiger partial charge in [0.15, 0.2) is 18.9 Å². The summed E-state index contributed by atoms with van der Waals surface area (Å²) in [5.41, 5.74) is 2.47. The summed E-state index contributed by atoms with van der Waals surface area (Å²) in [6, 6.07) is 14.5. The summed E-state index contributed by atoms with van der Waals surface area (Å²) in [6.45, 7) is 1.10. The largest absolute Gasteiger partial charge is 0.396 e. The molecule has 82 valence electrons. The second-order valence-electron chi connectivity index (χ2n) is 3.84. The number of nitrogens with zero attached hydrogens (tertiary/aromatic N) is 1. The van der Waals surface area contributed by atoms with Crippen molar-refractivity contribution in [3.8, 4) is 0 Å². The fourth-order valence-electron chi connectivity index (χ4n) is 1.68. The molecule has 1 aromatic heterocycles. The van der Waals surface area contributed by atoms with Crippen LogP contribution in [0.5, 0.6) is 0 Å². The van der Waals surface area contributed by atoms with Gasteiger partial charge in [0.25, 0.3) is 0 Å². The van der Waals surface area contributed by atoms with Crippen molar-refractivity contribution in [3.63, 3.8) is 0 Å². The van der Waals surface area contributed by atoms with Crippen LogP contribution in [-0.2, 0) is 13.0 Å². The number of benzene rings is 1. The molecule has 2 nitrogen and oxygen atoms in total. The second-order valence-corrected chi connectivity index (χ2v) is 3.84. The van der Waals surface area contributed by atoms with Crippen molar-refractivity contribution in [2.75, 3.05) is 6.61 Å². The minimum atomic E-state index is 0.211. The summed E-state index contributed by atoms with van der Waals surface area (Å²) in [5, 5.41) is 8.82. The summed E-state index contributed by atoms with van der Waals surface area (Å²) < 4.78 is 2.14. The molecule has 0 saturated heterocycles. The first kappa shape index (κ1) is 10.8. The Morgan fingerprint density at radius 3 is 2.19 bits per heavy atom. The van der Waals surface area contributed by atoms with Crippen LogP contribution in [0, 0.1) is 0 Å². The van der Waals surface area contributed by atoms with Gasteiger partial charge < -0.3 is 5.11 Å². The van der Waals surface area contributed by atoms with E-state index in [-0.39, 0.29) is 6.61 Å². The first-order chi connectivity index (χ1) is 7.88. The number of pyridine rings is 1. The van der Waals surface area contributed by atoms with Crippen LogP contribution in [-0.4, -0.2) is 11.7 Å².